The van der Waals surface area contributed by atoms with Crippen molar-refractivity contribution in [3.63, 3.8) is 0 Å². The number of hydrogen-bond donors (Lipinski definition) is 0. The number of Topliss-reactive ketones (excluding diaryl/α,β-unsaturated/α-hetero) is 1. The molecule has 0 amide bonds. The van der Waals surface area contributed by atoms with Crippen molar-refractivity contribution in [2.75, 3.05) is 0 Å². The Morgan fingerprint density at radius 1 is 1.25 bits per heavy atom. The number of unbranched alkanes of at least 4 members (excludes halogenated alkanes) is 4. The van der Waals surface area contributed by atoms with E-state index in [2.05, 4.69) is 6.92 Å². The van der Waals surface area contributed by atoms with Crippen LogP contribution in [-0.2, 0) is 15.1 Å². The highest BCUT2D eigenvalue weighted by Gasteiger charge is 2.51. The first-order valence-corrected chi connectivity index (χ1v) is 9.60. The van der Waals surface area contributed by atoms with Gasteiger partial charge >= 0.3 is 0 Å². The van der Waals surface area contributed by atoms with Crippen molar-refractivity contribution < 1.29 is 9.53 Å². The fourth-order valence-electron chi connectivity index (χ4n) is 3.81. The van der Waals surface area contributed by atoms with Crippen LogP contribution in [-0.4, -0.2) is 17.8 Å². The average molecular weight is 348 g/mol. The molecule has 2 aliphatic rings. The van der Waals surface area contributed by atoms with Crippen molar-refractivity contribution >= 4 is 23.3 Å². The van der Waals surface area contributed by atoms with Gasteiger partial charge in [0.05, 0.1) is 0 Å². The van der Waals surface area contributed by atoms with Crippen LogP contribution in [0, 0.1) is 0 Å². The summed E-state index contributed by atoms with van der Waals surface area (Å²) in [6.07, 6.45) is 8.96. The predicted octanol–water partition coefficient (Wildman–Crippen LogP) is 5.45. The highest BCUT2D eigenvalue weighted by molar-refractivity contribution is 6.32. The van der Waals surface area contributed by atoms with E-state index in [-0.39, 0.29) is 11.9 Å². The summed E-state index contributed by atoms with van der Waals surface area (Å²) in [5, 5.41) is 0.624. The molecule has 1 fully saturated rings. The Morgan fingerprint density at radius 2 is 2.04 bits per heavy atom. The second-order valence-corrected chi connectivity index (χ2v) is 7.28. The number of ether oxygens (including phenoxy) is 1. The van der Waals surface area contributed by atoms with Gasteiger partial charge in [0, 0.05) is 17.0 Å². The maximum atomic E-state index is 13.0. The third-order valence-corrected chi connectivity index (χ3v) is 5.44. The molecule has 2 atom stereocenters. The lowest BCUT2D eigenvalue weighted by atomic mass is 9.74. The van der Waals surface area contributed by atoms with Crippen LogP contribution < -0.4 is 0 Å². The Bertz CT molecular complexity index is 628. The van der Waals surface area contributed by atoms with Gasteiger partial charge in [-0.25, -0.2) is 4.99 Å². The molecule has 0 saturated heterocycles. The molecule has 0 N–H and O–H groups in total. The Hall–Kier alpha value is -1.35. The molecule has 1 aliphatic heterocycles. The second-order valence-electron chi connectivity index (χ2n) is 6.87. The topological polar surface area (TPSA) is 38.7 Å². The van der Waals surface area contributed by atoms with Gasteiger partial charge < -0.3 is 4.74 Å². The van der Waals surface area contributed by atoms with Crippen molar-refractivity contribution in [1.82, 2.24) is 0 Å². The summed E-state index contributed by atoms with van der Waals surface area (Å²) in [6.45, 7) is 2.22. The summed E-state index contributed by atoms with van der Waals surface area (Å²) >= 11 is 6.41. The van der Waals surface area contributed by atoms with Crippen LogP contribution in [0.25, 0.3) is 0 Å². The number of hydrogen-bond acceptors (Lipinski definition) is 3. The van der Waals surface area contributed by atoms with Crippen molar-refractivity contribution in [1.29, 1.82) is 0 Å². The number of carbonyl (C=O) groups excluding carboxylic acids is 1. The van der Waals surface area contributed by atoms with E-state index in [0.29, 0.717) is 5.02 Å². The number of rotatable bonds is 7. The van der Waals surface area contributed by atoms with Gasteiger partial charge in [0.25, 0.3) is 0 Å². The molecule has 1 aliphatic carbocycles. The number of benzene rings is 1. The maximum absolute atomic E-state index is 13.0. The Balaban J connectivity index is 1.83. The quantitative estimate of drug-likeness (QED) is 0.615. The Labute approximate surface area is 149 Å². The minimum absolute atomic E-state index is 0.0802. The smallest absolute Gasteiger partial charge is 0.205 e. The van der Waals surface area contributed by atoms with Crippen LogP contribution in [0.3, 0.4) is 0 Å². The van der Waals surface area contributed by atoms with Crippen LogP contribution in [0.15, 0.2) is 29.3 Å². The number of aliphatic imine (C=N–C) groups is 1. The lowest BCUT2D eigenvalue weighted by Gasteiger charge is -2.41. The Morgan fingerprint density at radius 3 is 2.83 bits per heavy atom. The van der Waals surface area contributed by atoms with Gasteiger partial charge in [0.15, 0.2) is 17.5 Å². The lowest BCUT2D eigenvalue weighted by Crippen LogP contribution is -2.51. The molecular weight excluding hydrogens is 322 g/mol. The molecule has 3 nitrogen and oxygen atoms in total. The average Bonchev–Trinajstić information content (AvgIpc) is 2.56. The highest BCUT2D eigenvalue weighted by atomic mass is 35.5. The van der Waals surface area contributed by atoms with Gasteiger partial charge in [-0.3, -0.25) is 4.79 Å². The van der Waals surface area contributed by atoms with Gasteiger partial charge in [-0.05, 0) is 31.7 Å². The van der Waals surface area contributed by atoms with E-state index in [1.807, 2.05) is 24.3 Å². The van der Waals surface area contributed by atoms with Gasteiger partial charge in [-0.1, -0.05) is 62.4 Å². The second kappa shape index (κ2) is 7.69. The monoisotopic (exact) mass is 347 g/mol. The van der Waals surface area contributed by atoms with E-state index >= 15 is 0 Å². The Kier molecular flexibility index (Phi) is 5.60. The highest BCUT2D eigenvalue weighted by Crippen LogP contribution is 2.44. The molecule has 1 unspecified atom stereocenters. The number of fused-ring (bicyclic) bond motifs is 2. The summed E-state index contributed by atoms with van der Waals surface area (Å²) in [4.78, 5) is 17.8. The molecule has 0 spiro atoms. The molecule has 0 aromatic heterocycles. The zero-order chi connectivity index (χ0) is 17.0. The minimum atomic E-state index is -0.821. The summed E-state index contributed by atoms with van der Waals surface area (Å²) in [5.74, 6) is 0.826. The molecule has 0 radical (unpaired) electrons. The van der Waals surface area contributed by atoms with Crippen molar-refractivity contribution in [3.8, 4) is 0 Å². The SMILES string of the molecule is CCCCCCCC1=NC2(c3ccccc3Cl)CCC[C@H](O1)C2=O. The first-order valence-electron chi connectivity index (χ1n) is 9.22. The molecule has 1 saturated carbocycles. The summed E-state index contributed by atoms with van der Waals surface area (Å²) in [7, 11) is 0. The van der Waals surface area contributed by atoms with E-state index in [9.17, 15) is 4.79 Å². The summed E-state index contributed by atoms with van der Waals surface area (Å²) in [5.41, 5.74) is 0.0197. The van der Waals surface area contributed by atoms with Crippen molar-refractivity contribution in [3.05, 3.63) is 34.9 Å². The van der Waals surface area contributed by atoms with Gasteiger partial charge in [-0.2, -0.15) is 0 Å². The standard InChI is InChI=1S/C20H26ClNO2/c1-2-3-4-5-6-13-18-22-20(15-10-7-8-11-16(15)21)14-9-12-17(24-18)19(20)23/h7-8,10-11,17H,2-6,9,12-14H2,1H3/t17-,20?/m0/s1. The lowest BCUT2D eigenvalue weighted by molar-refractivity contribution is -0.137. The molecule has 1 aromatic carbocycles. The maximum Gasteiger partial charge on any atom is 0.205 e. The van der Waals surface area contributed by atoms with Crippen LogP contribution in [0.4, 0.5) is 0 Å². The van der Waals surface area contributed by atoms with Gasteiger partial charge in [-0.15, -0.1) is 0 Å². The van der Waals surface area contributed by atoms with Crippen molar-refractivity contribution in [2.24, 2.45) is 4.99 Å². The molecule has 1 aromatic rings. The molecule has 4 heteroatoms. The zero-order valence-electron chi connectivity index (χ0n) is 14.4. The molecule has 130 valence electrons. The fourth-order valence-corrected chi connectivity index (χ4v) is 4.10. The van der Waals surface area contributed by atoms with Crippen LogP contribution in [0.1, 0.15) is 70.3 Å². The largest absolute Gasteiger partial charge is 0.470 e. The number of halogens is 1. The number of carbonyl (C=O) groups is 1. The third-order valence-electron chi connectivity index (χ3n) is 5.11. The van der Waals surface area contributed by atoms with Crippen LogP contribution >= 0.6 is 11.6 Å². The number of ketones is 1. The van der Waals surface area contributed by atoms with E-state index in [4.69, 9.17) is 21.3 Å². The van der Waals surface area contributed by atoms with Gasteiger partial charge in [0.2, 0.25) is 5.78 Å². The van der Waals surface area contributed by atoms with E-state index in [1.54, 1.807) is 0 Å². The summed E-state index contributed by atoms with van der Waals surface area (Å²) in [6, 6.07) is 7.61. The first kappa shape index (κ1) is 17.5. The normalized spacial score (nSPS) is 26.0. The first-order chi connectivity index (χ1) is 11.7. The molecular formula is C20H26ClNO2. The van der Waals surface area contributed by atoms with E-state index in [0.717, 1.165) is 43.6 Å². The number of nitrogens with zero attached hydrogens (tertiary/aromatic N) is 1. The summed E-state index contributed by atoms with van der Waals surface area (Å²) < 4.78 is 5.92. The van der Waals surface area contributed by atoms with E-state index < -0.39 is 5.54 Å². The molecule has 3 rings (SSSR count). The molecule has 2 bridgehead atoms. The van der Waals surface area contributed by atoms with E-state index in [1.165, 1.54) is 25.7 Å². The van der Waals surface area contributed by atoms with Crippen molar-refractivity contribution in [2.45, 2.75) is 76.4 Å². The van der Waals surface area contributed by atoms with Gasteiger partial charge in [0.1, 0.15) is 0 Å². The minimum Gasteiger partial charge on any atom is -0.470 e. The predicted molar refractivity (Wildman–Crippen MR) is 97.7 cm³/mol. The molecule has 1 heterocycles. The van der Waals surface area contributed by atoms with Crippen LogP contribution in [0.5, 0.6) is 0 Å². The van der Waals surface area contributed by atoms with Crippen LogP contribution in [0.2, 0.25) is 5.02 Å². The molecule has 24 heavy (non-hydrogen) atoms. The fraction of sp³-hybridized carbons (Fsp3) is 0.600. The zero-order valence-corrected chi connectivity index (χ0v) is 15.1. The third kappa shape index (κ3) is 3.37.